The van der Waals surface area contributed by atoms with Gasteiger partial charge < -0.3 is 9.88 Å². The summed E-state index contributed by atoms with van der Waals surface area (Å²) >= 11 is 6.02. The van der Waals surface area contributed by atoms with Gasteiger partial charge in [0.1, 0.15) is 6.04 Å². The number of imide groups is 1. The molecule has 1 atom stereocenters. The second kappa shape index (κ2) is 5.10. The first-order chi connectivity index (χ1) is 12.1. The van der Waals surface area contributed by atoms with E-state index in [1.165, 1.54) is 4.90 Å². The highest BCUT2D eigenvalue weighted by Crippen LogP contribution is 2.36. The number of aromatic amines is 1. The first kappa shape index (κ1) is 14.5. The number of anilines is 1. The molecule has 0 bridgehead atoms. The topological polar surface area (TPSA) is 56.4 Å². The molecule has 5 nitrogen and oxygen atoms in total. The Morgan fingerprint density at radius 1 is 1.08 bits per heavy atom. The van der Waals surface area contributed by atoms with Crippen molar-refractivity contribution in [2.75, 3.05) is 4.90 Å². The van der Waals surface area contributed by atoms with Crippen LogP contribution in [0.25, 0.3) is 10.9 Å². The second-order valence-electron chi connectivity index (χ2n) is 6.41. The smallest absolute Gasteiger partial charge is 0.332 e. The van der Waals surface area contributed by atoms with Crippen molar-refractivity contribution in [2.45, 2.75) is 19.0 Å². The number of carbonyl (C=O) groups excluding carboxylic acids is 2. The standard InChI is InChI=1S/C19H14ClN3O2/c20-11-4-3-5-12(8-11)23-18(24)17-9-14-13-6-1-2-7-15(13)21-16(14)10-22(17)19(23)25/h1-8,17,21H,9-10H2. The van der Waals surface area contributed by atoms with E-state index in [1.54, 1.807) is 29.2 Å². The van der Waals surface area contributed by atoms with Crippen LogP contribution in [-0.2, 0) is 17.8 Å². The molecule has 1 fully saturated rings. The summed E-state index contributed by atoms with van der Waals surface area (Å²) in [6, 6.07) is 14.1. The van der Waals surface area contributed by atoms with Gasteiger partial charge in [-0.2, -0.15) is 0 Å². The lowest BCUT2D eigenvalue weighted by Crippen LogP contribution is -2.39. The van der Waals surface area contributed by atoms with Crippen molar-refractivity contribution in [3.8, 4) is 0 Å². The van der Waals surface area contributed by atoms with Crippen LogP contribution < -0.4 is 4.90 Å². The zero-order valence-corrected chi connectivity index (χ0v) is 14.0. The highest BCUT2D eigenvalue weighted by atomic mass is 35.5. The van der Waals surface area contributed by atoms with Gasteiger partial charge >= 0.3 is 6.03 Å². The third-order valence-electron chi connectivity index (χ3n) is 5.01. The highest BCUT2D eigenvalue weighted by molar-refractivity contribution is 6.31. The fourth-order valence-electron chi connectivity index (χ4n) is 3.85. The molecule has 3 amide bonds. The van der Waals surface area contributed by atoms with Crippen molar-refractivity contribution in [1.29, 1.82) is 0 Å². The number of benzene rings is 2. The van der Waals surface area contributed by atoms with Gasteiger partial charge in [0.15, 0.2) is 0 Å². The number of fused-ring (bicyclic) bond motifs is 4. The minimum absolute atomic E-state index is 0.191. The van der Waals surface area contributed by atoms with E-state index in [4.69, 9.17) is 11.6 Å². The van der Waals surface area contributed by atoms with Crippen LogP contribution in [-0.4, -0.2) is 27.9 Å². The average Bonchev–Trinajstić information content (AvgIpc) is 3.09. The quantitative estimate of drug-likeness (QED) is 0.679. The van der Waals surface area contributed by atoms with E-state index in [1.807, 2.05) is 18.2 Å². The number of rotatable bonds is 1. The van der Waals surface area contributed by atoms with E-state index in [0.29, 0.717) is 23.7 Å². The number of amides is 3. The second-order valence-corrected chi connectivity index (χ2v) is 6.85. The van der Waals surface area contributed by atoms with E-state index in [9.17, 15) is 9.59 Å². The van der Waals surface area contributed by atoms with Gasteiger partial charge in [-0.1, -0.05) is 35.9 Å². The number of H-pyrrole nitrogens is 1. The number of aromatic nitrogens is 1. The lowest BCUT2D eigenvalue weighted by molar-refractivity contribution is -0.119. The summed E-state index contributed by atoms with van der Waals surface area (Å²) in [6.07, 6.45) is 0.529. The largest absolute Gasteiger partial charge is 0.357 e. The van der Waals surface area contributed by atoms with Crippen molar-refractivity contribution in [2.24, 2.45) is 0 Å². The summed E-state index contributed by atoms with van der Waals surface area (Å²) in [5, 5.41) is 1.62. The molecule has 2 aliphatic heterocycles. The molecule has 1 saturated heterocycles. The molecule has 1 N–H and O–H groups in total. The third-order valence-corrected chi connectivity index (χ3v) is 5.25. The van der Waals surface area contributed by atoms with Gasteiger partial charge in [0, 0.05) is 28.0 Å². The van der Waals surface area contributed by atoms with Crippen LogP contribution >= 0.6 is 11.6 Å². The van der Waals surface area contributed by atoms with E-state index < -0.39 is 6.04 Å². The normalized spacial score (nSPS) is 19.5. The molecule has 3 heterocycles. The van der Waals surface area contributed by atoms with Crippen molar-refractivity contribution < 1.29 is 9.59 Å². The molecule has 2 aromatic carbocycles. The van der Waals surface area contributed by atoms with Gasteiger partial charge in [-0.15, -0.1) is 0 Å². The lowest BCUT2D eigenvalue weighted by atomic mass is 9.97. The van der Waals surface area contributed by atoms with Gasteiger partial charge in [0.05, 0.1) is 12.2 Å². The van der Waals surface area contributed by atoms with E-state index >= 15 is 0 Å². The zero-order chi connectivity index (χ0) is 17.1. The molecule has 2 aliphatic rings. The Labute approximate surface area is 148 Å². The molecule has 25 heavy (non-hydrogen) atoms. The van der Waals surface area contributed by atoms with Crippen LogP contribution in [0.1, 0.15) is 11.3 Å². The number of nitrogens with zero attached hydrogens (tertiary/aromatic N) is 2. The summed E-state index contributed by atoms with van der Waals surface area (Å²) in [7, 11) is 0. The molecule has 124 valence electrons. The average molecular weight is 352 g/mol. The number of carbonyl (C=O) groups is 2. The maximum atomic E-state index is 12.9. The van der Waals surface area contributed by atoms with Gasteiger partial charge in [-0.3, -0.25) is 4.79 Å². The first-order valence-electron chi connectivity index (χ1n) is 8.12. The van der Waals surface area contributed by atoms with Crippen LogP contribution in [0.3, 0.4) is 0 Å². The fraction of sp³-hybridized carbons (Fsp3) is 0.158. The van der Waals surface area contributed by atoms with E-state index in [2.05, 4.69) is 11.1 Å². The van der Waals surface area contributed by atoms with Crippen LogP contribution in [0.5, 0.6) is 0 Å². The van der Waals surface area contributed by atoms with Gasteiger partial charge in [-0.05, 0) is 29.8 Å². The summed E-state index contributed by atoms with van der Waals surface area (Å²) in [5.74, 6) is -0.191. The molecular formula is C19H14ClN3O2. The molecule has 0 aliphatic carbocycles. The molecule has 0 saturated carbocycles. The first-order valence-corrected chi connectivity index (χ1v) is 8.50. The molecule has 6 heteroatoms. The number of halogens is 1. The van der Waals surface area contributed by atoms with Crippen LogP contribution in [0.2, 0.25) is 5.02 Å². The summed E-state index contributed by atoms with van der Waals surface area (Å²) < 4.78 is 0. The molecular weight excluding hydrogens is 338 g/mol. The number of urea groups is 1. The van der Waals surface area contributed by atoms with Gasteiger partial charge in [-0.25, -0.2) is 9.69 Å². The van der Waals surface area contributed by atoms with Crippen molar-refractivity contribution in [3.63, 3.8) is 0 Å². The van der Waals surface area contributed by atoms with Crippen LogP contribution in [0.4, 0.5) is 10.5 Å². The number of nitrogens with one attached hydrogen (secondary N) is 1. The van der Waals surface area contributed by atoms with Crippen LogP contribution in [0, 0.1) is 0 Å². The monoisotopic (exact) mass is 351 g/mol. The SMILES string of the molecule is O=C1C2Cc3c([nH]c4ccccc34)CN2C(=O)N1c1cccc(Cl)c1. The number of hydrogen-bond donors (Lipinski definition) is 1. The maximum absolute atomic E-state index is 12.9. The van der Waals surface area contributed by atoms with E-state index in [-0.39, 0.29) is 11.9 Å². The van der Waals surface area contributed by atoms with Crippen molar-refractivity contribution in [3.05, 3.63) is 64.8 Å². The predicted octanol–water partition coefficient (Wildman–Crippen LogP) is 3.71. The fourth-order valence-corrected chi connectivity index (χ4v) is 4.04. The Morgan fingerprint density at radius 3 is 2.76 bits per heavy atom. The molecule has 1 unspecified atom stereocenters. The van der Waals surface area contributed by atoms with Gasteiger partial charge in [0.2, 0.25) is 0 Å². The zero-order valence-electron chi connectivity index (χ0n) is 13.2. The molecule has 3 aromatic rings. The minimum Gasteiger partial charge on any atom is -0.357 e. The van der Waals surface area contributed by atoms with Gasteiger partial charge in [0.25, 0.3) is 5.91 Å². The molecule has 0 radical (unpaired) electrons. The van der Waals surface area contributed by atoms with Crippen LogP contribution in [0.15, 0.2) is 48.5 Å². The third kappa shape index (κ3) is 2.02. The lowest BCUT2D eigenvalue weighted by Gasteiger charge is -2.26. The summed E-state index contributed by atoms with van der Waals surface area (Å²) in [5.41, 5.74) is 3.70. The Hall–Kier alpha value is -2.79. The molecule has 5 rings (SSSR count). The number of para-hydroxylation sites is 1. The Morgan fingerprint density at radius 2 is 1.92 bits per heavy atom. The Balaban J connectivity index is 1.57. The predicted molar refractivity (Wildman–Crippen MR) is 95.7 cm³/mol. The Bertz CT molecular complexity index is 1040. The molecule has 0 spiro atoms. The number of hydrogen-bond acceptors (Lipinski definition) is 2. The molecule has 1 aromatic heterocycles. The minimum atomic E-state index is -0.460. The summed E-state index contributed by atoms with van der Waals surface area (Å²) in [6.45, 7) is 0.413. The van der Waals surface area contributed by atoms with Crippen molar-refractivity contribution in [1.82, 2.24) is 9.88 Å². The summed E-state index contributed by atoms with van der Waals surface area (Å²) in [4.78, 5) is 32.1. The highest BCUT2D eigenvalue weighted by Gasteiger charge is 2.48. The maximum Gasteiger partial charge on any atom is 0.332 e. The van der Waals surface area contributed by atoms with E-state index in [0.717, 1.165) is 22.2 Å². The van der Waals surface area contributed by atoms with Crippen molar-refractivity contribution >= 4 is 40.1 Å². The Kier molecular flexibility index (Phi) is 2.97.